The van der Waals surface area contributed by atoms with E-state index < -0.39 is 5.66 Å². The van der Waals surface area contributed by atoms with Gasteiger partial charge in [-0.15, -0.1) is 5.10 Å². The summed E-state index contributed by atoms with van der Waals surface area (Å²) in [7, 11) is 1.62. The fraction of sp³-hybridized carbons (Fsp3) is 0.438. The lowest BCUT2D eigenvalue weighted by molar-refractivity contribution is 0.303. The number of hydrogen-bond acceptors (Lipinski definition) is 9. The van der Waals surface area contributed by atoms with Gasteiger partial charge in [0.1, 0.15) is 17.7 Å². The van der Waals surface area contributed by atoms with Crippen molar-refractivity contribution in [1.29, 1.82) is 0 Å². The van der Waals surface area contributed by atoms with E-state index in [1.165, 1.54) is 12.7 Å². The summed E-state index contributed by atoms with van der Waals surface area (Å²) in [6.45, 7) is 0. The highest BCUT2D eigenvalue weighted by molar-refractivity contribution is 6.06. The average Bonchev–Trinajstić information content (AvgIpc) is 3.16. The van der Waals surface area contributed by atoms with Gasteiger partial charge in [0.15, 0.2) is 0 Å². The number of nitrogens with two attached hydrogens (primary N) is 2. The van der Waals surface area contributed by atoms with Gasteiger partial charge >= 0.3 is 0 Å². The van der Waals surface area contributed by atoms with E-state index in [0.29, 0.717) is 11.7 Å². The number of guanidine groups is 2. The van der Waals surface area contributed by atoms with Crippen LogP contribution in [0.1, 0.15) is 32.1 Å². The van der Waals surface area contributed by atoms with Crippen molar-refractivity contribution in [1.82, 2.24) is 20.2 Å². The maximum atomic E-state index is 6.29. The molecule has 1 aromatic heterocycles. The van der Waals surface area contributed by atoms with Crippen molar-refractivity contribution in [3.63, 3.8) is 0 Å². The summed E-state index contributed by atoms with van der Waals surface area (Å²) in [5.74, 6) is 1.19. The number of aromatic nitrogens is 4. The summed E-state index contributed by atoms with van der Waals surface area (Å²) in [5.41, 5.74) is 13.3. The van der Waals surface area contributed by atoms with E-state index in [4.69, 9.17) is 16.2 Å². The number of hydrogen-bond donors (Lipinski definition) is 2. The van der Waals surface area contributed by atoms with Crippen LogP contribution in [0.3, 0.4) is 0 Å². The Morgan fingerprint density at radius 2 is 1.96 bits per heavy atom. The van der Waals surface area contributed by atoms with Crippen molar-refractivity contribution in [3.8, 4) is 11.4 Å². The molecule has 10 heteroatoms. The maximum Gasteiger partial charge on any atom is 0.220 e. The molecule has 0 unspecified atom stereocenters. The average molecular weight is 355 g/mol. The molecule has 1 aromatic carbocycles. The molecule has 136 valence electrons. The molecule has 0 amide bonds. The first-order chi connectivity index (χ1) is 12.6. The largest absolute Gasteiger partial charge is 0.494 e. The first kappa shape index (κ1) is 16.3. The van der Waals surface area contributed by atoms with Gasteiger partial charge in [-0.25, -0.2) is 9.67 Å². The van der Waals surface area contributed by atoms with Crippen LogP contribution in [0.25, 0.3) is 5.69 Å². The van der Waals surface area contributed by atoms with Gasteiger partial charge in [0.2, 0.25) is 11.9 Å². The molecule has 0 atom stereocenters. The van der Waals surface area contributed by atoms with Gasteiger partial charge in [-0.3, -0.25) is 4.90 Å². The predicted octanol–water partition coefficient (Wildman–Crippen LogP) is 0.781. The highest BCUT2D eigenvalue weighted by atomic mass is 16.5. The quantitative estimate of drug-likeness (QED) is 0.831. The molecule has 4 rings (SSSR count). The van der Waals surface area contributed by atoms with Crippen LogP contribution in [0.5, 0.6) is 5.75 Å². The molecule has 0 bridgehead atoms. The molecule has 0 radical (unpaired) electrons. The Kier molecular flexibility index (Phi) is 3.94. The molecule has 26 heavy (non-hydrogen) atoms. The normalized spacial score (nSPS) is 19.2. The predicted molar refractivity (Wildman–Crippen MR) is 97.2 cm³/mol. The lowest BCUT2D eigenvalue weighted by atomic mass is 9.87. The van der Waals surface area contributed by atoms with Crippen molar-refractivity contribution in [2.24, 2.45) is 21.5 Å². The van der Waals surface area contributed by atoms with Crippen LogP contribution < -0.4 is 21.1 Å². The third kappa shape index (κ3) is 2.63. The number of nitrogens with zero attached hydrogens (tertiary/aromatic N) is 7. The number of aliphatic imine (C=N–C) groups is 2. The highest BCUT2D eigenvalue weighted by Gasteiger charge is 2.43. The Labute approximate surface area is 150 Å². The Hall–Kier alpha value is -3.17. The minimum absolute atomic E-state index is 0.227. The van der Waals surface area contributed by atoms with E-state index >= 15 is 0 Å². The number of tetrazole rings is 1. The third-order valence-electron chi connectivity index (χ3n) is 4.87. The summed E-state index contributed by atoms with van der Waals surface area (Å²) in [6, 6.07) is 5.68. The first-order valence-corrected chi connectivity index (χ1v) is 8.54. The van der Waals surface area contributed by atoms with Crippen molar-refractivity contribution < 1.29 is 4.74 Å². The number of methoxy groups -OCH3 is 1. The Morgan fingerprint density at radius 3 is 2.65 bits per heavy atom. The van der Waals surface area contributed by atoms with Gasteiger partial charge in [0.05, 0.1) is 18.5 Å². The molecular formula is C16H21N9O. The van der Waals surface area contributed by atoms with Gasteiger partial charge in [-0.1, -0.05) is 6.42 Å². The minimum Gasteiger partial charge on any atom is -0.494 e. The molecular weight excluding hydrogens is 334 g/mol. The molecule has 1 fully saturated rings. The zero-order valence-corrected chi connectivity index (χ0v) is 14.5. The van der Waals surface area contributed by atoms with E-state index in [9.17, 15) is 0 Å². The first-order valence-electron chi connectivity index (χ1n) is 8.54. The monoisotopic (exact) mass is 355 g/mol. The summed E-state index contributed by atoms with van der Waals surface area (Å²) in [4.78, 5) is 10.8. The molecule has 4 N–H and O–H groups in total. The number of ether oxygens (including phenoxy) is 1. The minimum atomic E-state index is -0.516. The van der Waals surface area contributed by atoms with Crippen molar-refractivity contribution >= 4 is 17.6 Å². The smallest absolute Gasteiger partial charge is 0.220 e. The number of anilines is 1. The molecule has 2 heterocycles. The zero-order chi connectivity index (χ0) is 18.1. The second-order valence-corrected chi connectivity index (χ2v) is 6.43. The summed E-state index contributed by atoms with van der Waals surface area (Å²) in [6.07, 6.45) is 6.55. The van der Waals surface area contributed by atoms with Gasteiger partial charge in [-0.05, 0) is 48.2 Å². The van der Waals surface area contributed by atoms with Gasteiger partial charge in [0, 0.05) is 6.07 Å². The van der Waals surface area contributed by atoms with E-state index in [0.717, 1.165) is 37.1 Å². The van der Waals surface area contributed by atoms with Crippen molar-refractivity contribution in [2.75, 3.05) is 12.0 Å². The second-order valence-electron chi connectivity index (χ2n) is 6.43. The topological polar surface area (TPSA) is 133 Å². The zero-order valence-electron chi connectivity index (χ0n) is 14.5. The van der Waals surface area contributed by atoms with Crippen LogP contribution in [0.15, 0.2) is 34.5 Å². The van der Waals surface area contributed by atoms with Crippen LogP contribution in [-0.4, -0.2) is 44.9 Å². The standard InChI is InChI=1S/C16H21N9O/c1-26-13-9-11(24-10-19-22-23-24)5-6-12(13)25-15(18)20-14(17)21-16(25)7-3-2-4-8-16/h5-6,9-10H,2-4,7-8H2,1H3,(H4,17,18,20,21). The molecule has 1 spiro atoms. The summed E-state index contributed by atoms with van der Waals surface area (Å²) in [5, 5.41) is 11.2. The van der Waals surface area contributed by atoms with E-state index in [-0.39, 0.29) is 5.96 Å². The molecule has 2 aromatic rings. The van der Waals surface area contributed by atoms with E-state index in [2.05, 4.69) is 25.5 Å². The fourth-order valence-electron chi connectivity index (χ4n) is 3.74. The summed E-state index contributed by atoms with van der Waals surface area (Å²) < 4.78 is 7.19. The van der Waals surface area contributed by atoms with Crippen LogP contribution in [0.4, 0.5) is 5.69 Å². The van der Waals surface area contributed by atoms with Crippen LogP contribution >= 0.6 is 0 Å². The van der Waals surface area contributed by atoms with Gasteiger partial charge in [-0.2, -0.15) is 4.99 Å². The fourth-order valence-corrected chi connectivity index (χ4v) is 3.74. The molecule has 1 saturated carbocycles. The van der Waals surface area contributed by atoms with E-state index in [1.54, 1.807) is 11.8 Å². The van der Waals surface area contributed by atoms with Gasteiger partial charge < -0.3 is 16.2 Å². The van der Waals surface area contributed by atoms with E-state index in [1.807, 2.05) is 23.1 Å². The molecule has 1 aliphatic heterocycles. The second kappa shape index (κ2) is 6.28. The van der Waals surface area contributed by atoms with Crippen LogP contribution in [-0.2, 0) is 0 Å². The maximum absolute atomic E-state index is 6.29. The highest BCUT2D eigenvalue weighted by Crippen LogP contribution is 2.43. The number of rotatable bonds is 3. The molecule has 0 saturated heterocycles. The lowest BCUT2D eigenvalue weighted by Crippen LogP contribution is -2.58. The molecule has 1 aliphatic carbocycles. The Morgan fingerprint density at radius 1 is 1.15 bits per heavy atom. The van der Waals surface area contributed by atoms with Crippen molar-refractivity contribution in [3.05, 3.63) is 24.5 Å². The van der Waals surface area contributed by atoms with Gasteiger partial charge in [0.25, 0.3) is 0 Å². The SMILES string of the molecule is COc1cc(-n2cnnn2)ccc1N1C(N)=NC(N)=NC12CCCCC2. The molecule has 2 aliphatic rings. The third-order valence-corrected chi connectivity index (χ3v) is 4.87. The van der Waals surface area contributed by atoms with Crippen molar-refractivity contribution in [2.45, 2.75) is 37.8 Å². The Balaban J connectivity index is 1.81. The molecule has 10 nitrogen and oxygen atoms in total. The number of benzene rings is 1. The lowest BCUT2D eigenvalue weighted by Gasteiger charge is -2.45. The Bertz CT molecular complexity index is 853. The van der Waals surface area contributed by atoms with Crippen LogP contribution in [0.2, 0.25) is 0 Å². The summed E-state index contributed by atoms with van der Waals surface area (Å²) >= 11 is 0. The van der Waals surface area contributed by atoms with Crippen LogP contribution in [0, 0.1) is 0 Å².